The molecule has 1 amide bonds. The van der Waals surface area contributed by atoms with E-state index in [-0.39, 0.29) is 11.9 Å². The zero-order valence-electron chi connectivity index (χ0n) is 13.3. The van der Waals surface area contributed by atoms with Crippen LogP contribution in [0.15, 0.2) is 70.4 Å². The van der Waals surface area contributed by atoms with Gasteiger partial charge in [0.05, 0.1) is 22.8 Å². The van der Waals surface area contributed by atoms with E-state index in [0.29, 0.717) is 5.56 Å². The van der Waals surface area contributed by atoms with Gasteiger partial charge < -0.3 is 5.32 Å². The molecule has 3 rings (SSSR count). The van der Waals surface area contributed by atoms with Crippen LogP contribution in [0.25, 0.3) is 0 Å². The van der Waals surface area contributed by atoms with Crippen LogP contribution >= 0.6 is 23.1 Å². The summed E-state index contributed by atoms with van der Waals surface area (Å²) in [6, 6.07) is 17.7. The average molecular weight is 354 g/mol. The lowest BCUT2D eigenvalue weighted by Gasteiger charge is -2.16. The number of thioether (sulfide) groups is 1. The maximum Gasteiger partial charge on any atom is 0.252 e. The molecule has 3 aromatic rings. The van der Waals surface area contributed by atoms with Crippen LogP contribution in [0.2, 0.25) is 0 Å². The summed E-state index contributed by atoms with van der Waals surface area (Å²) < 4.78 is 0. The number of rotatable bonds is 6. The number of hydrogen-bond acceptors (Lipinski definition) is 4. The van der Waals surface area contributed by atoms with E-state index in [9.17, 15) is 4.79 Å². The van der Waals surface area contributed by atoms with Gasteiger partial charge in [-0.3, -0.25) is 4.79 Å². The lowest BCUT2D eigenvalue weighted by atomic mass is 10.1. The SMILES string of the molecule is C[C@H](NC(=O)c1ccccc1SCc1cscn1)c1ccccc1. The topological polar surface area (TPSA) is 42.0 Å². The molecule has 122 valence electrons. The minimum absolute atomic E-state index is 0.0321. The molecule has 0 saturated carbocycles. The molecule has 0 fully saturated rings. The van der Waals surface area contributed by atoms with Crippen molar-refractivity contribution in [2.45, 2.75) is 23.6 Å². The molecule has 0 radical (unpaired) electrons. The fourth-order valence-electron chi connectivity index (χ4n) is 2.34. The Morgan fingerprint density at radius 3 is 2.67 bits per heavy atom. The number of benzene rings is 2. The van der Waals surface area contributed by atoms with Crippen LogP contribution in [0, 0.1) is 0 Å². The van der Waals surface area contributed by atoms with Crippen molar-refractivity contribution in [2.24, 2.45) is 0 Å². The molecular formula is C19H18N2OS2. The van der Waals surface area contributed by atoms with E-state index in [2.05, 4.69) is 10.3 Å². The van der Waals surface area contributed by atoms with Crippen LogP contribution in [0.3, 0.4) is 0 Å². The molecule has 1 atom stereocenters. The molecule has 5 heteroatoms. The van der Waals surface area contributed by atoms with Crippen molar-refractivity contribution in [1.82, 2.24) is 10.3 Å². The predicted molar refractivity (Wildman–Crippen MR) is 100 cm³/mol. The highest BCUT2D eigenvalue weighted by molar-refractivity contribution is 7.98. The Balaban J connectivity index is 1.70. The van der Waals surface area contributed by atoms with Crippen molar-refractivity contribution in [2.75, 3.05) is 0 Å². The fourth-order valence-corrected chi connectivity index (χ4v) is 3.96. The first-order chi connectivity index (χ1) is 11.7. The van der Waals surface area contributed by atoms with Crippen molar-refractivity contribution >= 4 is 29.0 Å². The zero-order chi connectivity index (χ0) is 16.8. The molecular weight excluding hydrogens is 336 g/mol. The summed E-state index contributed by atoms with van der Waals surface area (Å²) in [7, 11) is 0. The van der Waals surface area contributed by atoms with Gasteiger partial charge in [-0.15, -0.1) is 23.1 Å². The first-order valence-corrected chi connectivity index (χ1v) is 9.61. The van der Waals surface area contributed by atoms with Gasteiger partial charge in [0.2, 0.25) is 0 Å². The molecule has 0 bridgehead atoms. The van der Waals surface area contributed by atoms with E-state index < -0.39 is 0 Å². The number of nitrogens with one attached hydrogen (secondary N) is 1. The third kappa shape index (κ3) is 4.24. The molecule has 3 nitrogen and oxygen atoms in total. The number of nitrogens with zero attached hydrogens (tertiary/aromatic N) is 1. The Morgan fingerprint density at radius 2 is 1.92 bits per heavy atom. The second kappa shape index (κ2) is 8.13. The Hall–Kier alpha value is -2.11. The number of aromatic nitrogens is 1. The Kier molecular flexibility index (Phi) is 5.67. The van der Waals surface area contributed by atoms with Gasteiger partial charge in [0, 0.05) is 16.0 Å². The molecule has 0 spiro atoms. The lowest BCUT2D eigenvalue weighted by Crippen LogP contribution is -2.27. The number of amides is 1. The fraction of sp³-hybridized carbons (Fsp3) is 0.158. The van der Waals surface area contributed by atoms with Gasteiger partial charge in [-0.25, -0.2) is 4.98 Å². The van der Waals surface area contributed by atoms with Gasteiger partial charge >= 0.3 is 0 Å². The Labute approximate surface area is 150 Å². The van der Waals surface area contributed by atoms with Crippen LogP contribution in [-0.4, -0.2) is 10.9 Å². The average Bonchev–Trinajstić information content (AvgIpc) is 3.14. The summed E-state index contributed by atoms with van der Waals surface area (Å²) in [5, 5.41) is 5.12. The molecule has 0 aliphatic rings. The highest BCUT2D eigenvalue weighted by Gasteiger charge is 2.15. The second-order valence-electron chi connectivity index (χ2n) is 5.37. The number of thiazole rings is 1. The molecule has 0 aliphatic heterocycles. The van der Waals surface area contributed by atoms with E-state index in [0.717, 1.165) is 21.9 Å². The van der Waals surface area contributed by atoms with E-state index in [4.69, 9.17) is 0 Å². The highest BCUT2D eigenvalue weighted by Crippen LogP contribution is 2.26. The minimum atomic E-state index is -0.0484. The molecule has 0 unspecified atom stereocenters. The van der Waals surface area contributed by atoms with Gasteiger partial charge in [-0.1, -0.05) is 42.5 Å². The lowest BCUT2D eigenvalue weighted by molar-refractivity contribution is 0.0937. The van der Waals surface area contributed by atoms with Crippen molar-refractivity contribution in [3.05, 3.63) is 82.3 Å². The highest BCUT2D eigenvalue weighted by atomic mass is 32.2. The van der Waals surface area contributed by atoms with Crippen LogP contribution in [0.5, 0.6) is 0 Å². The Bertz CT molecular complexity index is 788. The largest absolute Gasteiger partial charge is 0.345 e. The molecule has 1 N–H and O–H groups in total. The second-order valence-corrected chi connectivity index (χ2v) is 7.11. The van der Waals surface area contributed by atoms with Gasteiger partial charge in [0.15, 0.2) is 0 Å². The van der Waals surface area contributed by atoms with Gasteiger partial charge in [0.25, 0.3) is 5.91 Å². The predicted octanol–water partition coefficient (Wildman–Crippen LogP) is 4.93. The van der Waals surface area contributed by atoms with Gasteiger partial charge in [-0.05, 0) is 24.6 Å². The quantitative estimate of drug-likeness (QED) is 0.639. The molecule has 2 aromatic carbocycles. The monoisotopic (exact) mass is 354 g/mol. The van der Waals surface area contributed by atoms with E-state index >= 15 is 0 Å². The first kappa shape index (κ1) is 16.7. The minimum Gasteiger partial charge on any atom is -0.345 e. The van der Waals surface area contributed by atoms with Crippen LogP contribution in [0.4, 0.5) is 0 Å². The molecule has 0 saturated heterocycles. The van der Waals surface area contributed by atoms with Gasteiger partial charge in [-0.2, -0.15) is 0 Å². The maximum atomic E-state index is 12.7. The van der Waals surface area contributed by atoms with Crippen molar-refractivity contribution in [3.8, 4) is 0 Å². The summed E-state index contributed by atoms with van der Waals surface area (Å²) in [5.74, 6) is 0.718. The third-order valence-corrected chi connectivity index (χ3v) is 5.38. The molecule has 1 aromatic heterocycles. The molecule has 0 aliphatic carbocycles. The van der Waals surface area contributed by atoms with Crippen molar-refractivity contribution in [3.63, 3.8) is 0 Å². The van der Waals surface area contributed by atoms with Crippen molar-refractivity contribution < 1.29 is 4.79 Å². The van der Waals surface area contributed by atoms with E-state index in [1.165, 1.54) is 0 Å². The number of carbonyl (C=O) groups excluding carboxylic acids is 1. The van der Waals surface area contributed by atoms with E-state index in [1.54, 1.807) is 23.1 Å². The smallest absolute Gasteiger partial charge is 0.252 e. The Morgan fingerprint density at radius 1 is 1.17 bits per heavy atom. The van der Waals surface area contributed by atoms with Crippen LogP contribution in [-0.2, 0) is 5.75 Å². The maximum absolute atomic E-state index is 12.7. The summed E-state index contributed by atoms with van der Waals surface area (Å²) in [4.78, 5) is 17.9. The third-order valence-electron chi connectivity index (χ3n) is 3.64. The van der Waals surface area contributed by atoms with Gasteiger partial charge in [0.1, 0.15) is 0 Å². The molecule has 1 heterocycles. The first-order valence-electron chi connectivity index (χ1n) is 7.69. The van der Waals surface area contributed by atoms with Crippen LogP contribution < -0.4 is 5.32 Å². The number of carbonyl (C=O) groups is 1. The summed E-state index contributed by atoms with van der Waals surface area (Å²) in [6.07, 6.45) is 0. The summed E-state index contributed by atoms with van der Waals surface area (Å²) >= 11 is 3.23. The van der Waals surface area contributed by atoms with Crippen molar-refractivity contribution in [1.29, 1.82) is 0 Å². The van der Waals surface area contributed by atoms with E-state index in [1.807, 2.05) is 72.4 Å². The standard InChI is InChI=1S/C19H18N2OS2/c1-14(15-7-3-2-4-8-15)21-19(22)17-9-5-6-10-18(17)24-12-16-11-23-13-20-16/h2-11,13-14H,12H2,1H3,(H,21,22)/t14-/m0/s1. The van der Waals surface area contributed by atoms with Crippen LogP contribution in [0.1, 0.15) is 34.6 Å². The molecule has 24 heavy (non-hydrogen) atoms. The summed E-state index contributed by atoms with van der Waals surface area (Å²) in [5.41, 5.74) is 4.67. The number of hydrogen-bond donors (Lipinski definition) is 1. The zero-order valence-corrected chi connectivity index (χ0v) is 14.9. The summed E-state index contributed by atoms with van der Waals surface area (Å²) in [6.45, 7) is 2.00. The normalized spacial score (nSPS) is 11.9.